The van der Waals surface area contributed by atoms with Crippen molar-refractivity contribution in [1.29, 1.82) is 0 Å². The number of nitrogens with one attached hydrogen (secondary N) is 1. The predicted molar refractivity (Wildman–Crippen MR) is 72.8 cm³/mol. The second-order valence-electron chi connectivity index (χ2n) is 5.89. The second-order valence-corrected chi connectivity index (χ2v) is 5.89. The molecule has 9 heteroatoms. The largest absolute Gasteiger partial charge is 0.497 e. The van der Waals surface area contributed by atoms with Gasteiger partial charge in [-0.2, -0.15) is 13.2 Å². The molecule has 0 aliphatic carbocycles. The normalized spacial score (nSPS) is 20.7. The van der Waals surface area contributed by atoms with Crippen molar-refractivity contribution in [3.05, 3.63) is 17.8 Å². The number of nitrogens with two attached hydrogens (primary N) is 1. The van der Waals surface area contributed by atoms with Gasteiger partial charge in [0, 0.05) is 11.7 Å². The zero-order valence-electron chi connectivity index (χ0n) is 12.2. The molecular weight excluding hydrogens is 286 g/mol. The van der Waals surface area contributed by atoms with E-state index in [-0.39, 0.29) is 11.3 Å². The van der Waals surface area contributed by atoms with Crippen LogP contribution in [0.5, 0.6) is 0 Å². The number of rotatable bonds is 2. The Balaban J connectivity index is 2.46. The summed E-state index contributed by atoms with van der Waals surface area (Å²) >= 11 is 0. The highest BCUT2D eigenvalue weighted by molar-refractivity contribution is 6.62. The van der Waals surface area contributed by atoms with Gasteiger partial charge in [0.2, 0.25) is 0 Å². The minimum Gasteiger partial charge on any atom is -0.399 e. The highest BCUT2D eigenvalue weighted by atomic mass is 19.4. The Bertz CT molecular complexity index is 533. The number of nitrogens with zero attached hydrogens (tertiary/aromatic N) is 1. The van der Waals surface area contributed by atoms with Gasteiger partial charge in [-0.25, -0.2) is 10.8 Å². The van der Waals surface area contributed by atoms with E-state index in [0.29, 0.717) is 0 Å². The van der Waals surface area contributed by atoms with Crippen molar-refractivity contribution in [3.63, 3.8) is 0 Å². The summed E-state index contributed by atoms with van der Waals surface area (Å²) in [6, 6.07) is 0.834. The number of nitrogen functional groups attached to an aromatic ring is 1. The Hall–Kier alpha value is -1.32. The topological polar surface area (TPSA) is 69.4 Å². The number of halogens is 3. The van der Waals surface area contributed by atoms with Gasteiger partial charge in [0.1, 0.15) is 5.82 Å². The monoisotopic (exact) mass is 303 g/mol. The Morgan fingerprint density at radius 3 is 2.14 bits per heavy atom. The third-order valence-electron chi connectivity index (χ3n) is 3.90. The molecule has 21 heavy (non-hydrogen) atoms. The van der Waals surface area contributed by atoms with Gasteiger partial charge >= 0.3 is 13.3 Å². The van der Waals surface area contributed by atoms with Gasteiger partial charge in [0.15, 0.2) is 0 Å². The number of pyridine rings is 1. The fourth-order valence-corrected chi connectivity index (χ4v) is 1.95. The lowest BCUT2D eigenvalue weighted by atomic mass is 9.77. The van der Waals surface area contributed by atoms with Crippen molar-refractivity contribution < 1.29 is 22.5 Å². The van der Waals surface area contributed by atoms with Crippen LogP contribution in [0.15, 0.2) is 12.3 Å². The standard InChI is InChI=1S/C12H17BF3N3O2/c1-10(2)11(3,4)21-13(20-10)8-6-18-9(19-17)5-7(8)12(14,15)16/h5-6H,17H2,1-4H3,(H,18,19). The number of aromatic nitrogens is 1. The minimum atomic E-state index is -4.56. The zero-order chi connectivity index (χ0) is 16.1. The number of alkyl halides is 3. The van der Waals surface area contributed by atoms with E-state index < -0.39 is 30.1 Å². The Kier molecular flexibility index (Phi) is 3.72. The van der Waals surface area contributed by atoms with Crippen molar-refractivity contribution in [2.24, 2.45) is 5.84 Å². The highest BCUT2D eigenvalue weighted by Gasteiger charge is 2.53. The van der Waals surface area contributed by atoms with Crippen LogP contribution in [0.2, 0.25) is 0 Å². The molecule has 3 N–H and O–H groups in total. The van der Waals surface area contributed by atoms with E-state index >= 15 is 0 Å². The molecule has 0 amide bonds. The molecule has 0 spiro atoms. The summed E-state index contributed by atoms with van der Waals surface area (Å²) in [4.78, 5) is 3.82. The quantitative estimate of drug-likeness (QED) is 0.494. The molecular formula is C12H17BF3N3O2. The first-order chi connectivity index (χ1) is 9.48. The molecule has 1 aromatic heterocycles. The first kappa shape index (κ1) is 16.1. The molecule has 0 aromatic carbocycles. The van der Waals surface area contributed by atoms with Crippen LogP contribution in [-0.2, 0) is 15.5 Å². The summed E-state index contributed by atoms with van der Waals surface area (Å²) in [5, 5.41) is 0. The molecule has 0 unspecified atom stereocenters. The molecule has 0 atom stereocenters. The fraction of sp³-hybridized carbons (Fsp3) is 0.583. The molecule has 5 nitrogen and oxygen atoms in total. The first-order valence-corrected chi connectivity index (χ1v) is 6.37. The zero-order valence-corrected chi connectivity index (χ0v) is 12.2. The maximum absolute atomic E-state index is 13.2. The molecule has 0 saturated carbocycles. The maximum atomic E-state index is 13.2. The molecule has 1 aromatic rings. The van der Waals surface area contributed by atoms with Crippen LogP contribution in [0.1, 0.15) is 33.3 Å². The van der Waals surface area contributed by atoms with Crippen LogP contribution in [-0.4, -0.2) is 23.3 Å². The molecule has 1 saturated heterocycles. The third-order valence-corrected chi connectivity index (χ3v) is 3.90. The SMILES string of the molecule is CC1(C)OB(c2cnc(NN)cc2C(F)(F)F)OC1(C)C. The van der Waals surface area contributed by atoms with Crippen molar-refractivity contribution >= 4 is 18.4 Å². The van der Waals surface area contributed by atoms with Crippen LogP contribution in [0.4, 0.5) is 19.0 Å². The van der Waals surface area contributed by atoms with Crippen LogP contribution in [0, 0.1) is 0 Å². The van der Waals surface area contributed by atoms with Crippen molar-refractivity contribution in [2.75, 3.05) is 5.43 Å². The molecule has 1 aliphatic heterocycles. The number of hydrogen-bond donors (Lipinski definition) is 2. The second kappa shape index (κ2) is 4.86. The smallest absolute Gasteiger partial charge is 0.399 e. The first-order valence-electron chi connectivity index (χ1n) is 6.37. The Morgan fingerprint density at radius 2 is 1.71 bits per heavy atom. The Morgan fingerprint density at radius 1 is 1.19 bits per heavy atom. The minimum absolute atomic E-state index is 0.0809. The van der Waals surface area contributed by atoms with E-state index in [0.717, 1.165) is 12.3 Å². The summed E-state index contributed by atoms with van der Waals surface area (Å²) in [5.74, 6) is 5.03. The summed E-state index contributed by atoms with van der Waals surface area (Å²) in [6.07, 6.45) is -3.49. The van der Waals surface area contributed by atoms with E-state index in [1.807, 2.05) is 0 Å². The number of hydrazine groups is 1. The molecule has 2 rings (SSSR count). The molecule has 116 valence electrons. The summed E-state index contributed by atoms with van der Waals surface area (Å²) < 4.78 is 50.9. The lowest BCUT2D eigenvalue weighted by molar-refractivity contribution is -0.136. The molecule has 0 radical (unpaired) electrons. The summed E-state index contributed by atoms with van der Waals surface area (Å²) in [6.45, 7) is 7.07. The molecule has 0 bridgehead atoms. The Labute approximate surface area is 121 Å². The molecule has 2 heterocycles. The van der Waals surface area contributed by atoms with Gasteiger partial charge in [-0.15, -0.1) is 0 Å². The van der Waals surface area contributed by atoms with Crippen LogP contribution in [0.25, 0.3) is 0 Å². The van der Waals surface area contributed by atoms with E-state index in [1.54, 1.807) is 27.7 Å². The van der Waals surface area contributed by atoms with Gasteiger partial charge in [0.05, 0.1) is 16.8 Å². The molecule has 1 aliphatic rings. The fourth-order valence-electron chi connectivity index (χ4n) is 1.95. The van der Waals surface area contributed by atoms with Crippen molar-refractivity contribution in [3.8, 4) is 0 Å². The van der Waals surface area contributed by atoms with Crippen LogP contribution < -0.4 is 16.7 Å². The lowest BCUT2D eigenvalue weighted by Gasteiger charge is -2.32. The van der Waals surface area contributed by atoms with Crippen LogP contribution >= 0.6 is 0 Å². The van der Waals surface area contributed by atoms with Crippen LogP contribution in [0.3, 0.4) is 0 Å². The predicted octanol–water partition coefficient (Wildman–Crippen LogP) is 1.69. The van der Waals surface area contributed by atoms with E-state index in [4.69, 9.17) is 15.2 Å². The van der Waals surface area contributed by atoms with E-state index in [2.05, 4.69) is 10.4 Å². The highest BCUT2D eigenvalue weighted by Crippen LogP contribution is 2.38. The van der Waals surface area contributed by atoms with Gasteiger partial charge in [-0.3, -0.25) is 0 Å². The van der Waals surface area contributed by atoms with E-state index in [1.165, 1.54) is 0 Å². The molecule has 1 fully saturated rings. The van der Waals surface area contributed by atoms with Gasteiger partial charge < -0.3 is 14.7 Å². The number of hydrogen-bond acceptors (Lipinski definition) is 5. The van der Waals surface area contributed by atoms with E-state index in [9.17, 15) is 13.2 Å². The van der Waals surface area contributed by atoms with Gasteiger partial charge in [-0.05, 0) is 33.8 Å². The average Bonchev–Trinajstić information content (AvgIpc) is 2.56. The lowest BCUT2D eigenvalue weighted by Crippen LogP contribution is -2.41. The van der Waals surface area contributed by atoms with Gasteiger partial charge in [-0.1, -0.05) is 0 Å². The number of anilines is 1. The van der Waals surface area contributed by atoms with Gasteiger partial charge in [0.25, 0.3) is 0 Å². The average molecular weight is 303 g/mol. The summed E-state index contributed by atoms with van der Waals surface area (Å²) in [5.41, 5.74) is -0.416. The van der Waals surface area contributed by atoms with Crippen molar-refractivity contribution in [1.82, 2.24) is 4.98 Å². The van der Waals surface area contributed by atoms with Crippen molar-refractivity contribution in [2.45, 2.75) is 45.1 Å². The maximum Gasteiger partial charge on any atom is 0.497 e. The summed E-state index contributed by atoms with van der Waals surface area (Å²) in [7, 11) is -1.13. The third kappa shape index (κ3) is 2.85.